The standard InChI is InChI=1S/C10H12BrNO2/c11-8-2-1-3-9(12)10(8)14-7-4-5-13-6-7/h1-3,7H,4-6,12H2/t7-/m1/s1. The Kier molecular flexibility index (Phi) is 2.93. The van der Waals surface area contributed by atoms with E-state index in [2.05, 4.69) is 15.9 Å². The van der Waals surface area contributed by atoms with Crippen molar-refractivity contribution in [3.8, 4) is 5.75 Å². The quantitative estimate of drug-likeness (QED) is 0.827. The summed E-state index contributed by atoms with van der Waals surface area (Å²) in [6.07, 6.45) is 1.07. The Labute approximate surface area is 91.3 Å². The van der Waals surface area contributed by atoms with Gasteiger partial charge in [-0.05, 0) is 28.1 Å². The van der Waals surface area contributed by atoms with Gasteiger partial charge in [-0.2, -0.15) is 0 Å². The van der Waals surface area contributed by atoms with Crippen LogP contribution in [0, 0.1) is 0 Å². The fourth-order valence-corrected chi connectivity index (χ4v) is 1.90. The van der Waals surface area contributed by atoms with Gasteiger partial charge in [-0.1, -0.05) is 6.07 Å². The lowest BCUT2D eigenvalue weighted by molar-refractivity contribution is 0.141. The lowest BCUT2D eigenvalue weighted by Gasteiger charge is -2.14. The van der Waals surface area contributed by atoms with Crippen molar-refractivity contribution >= 4 is 21.6 Å². The van der Waals surface area contributed by atoms with E-state index in [4.69, 9.17) is 15.2 Å². The number of halogens is 1. The summed E-state index contributed by atoms with van der Waals surface area (Å²) in [7, 11) is 0. The first-order valence-electron chi connectivity index (χ1n) is 4.56. The Hall–Kier alpha value is -0.740. The molecule has 2 N–H and O–H groups in total. The highest BCUT2D eigenvalue weighted by Gasteiger charge is 2.19. The van der Waals surface area contributed by atoms with Crippen molar-refractivity contribution in [2.45, 2.75) is 12.5 Å². The van der Waals surface area contributed by atoms with E-state index in [-0.39, 0.29) is 6.10 Å². The summed E-state index contributed by atoms with van der Waals surface area (Å²) < 4.78 is 11.9. The molecule has 1 heterocycles. The van der Waals surface area contributed by atoms with Crippen molar-refractivity contribution in [1.82, 2.24) is 0 Å². The van der Waals surface area contributed by atoms with E-state index >= 15 is 0 Å². The smallest absolute Gasteiger partial charge is 0.156 e. The summed E-state index contributed by atoms with van der Waals surface area (Å²) in [6, 6.07) is 5.63. The summed E-state index contributed by atoms with van der Waals surface area (Å²) in [4.78, 5) is 0. The number of benzene rings is 1. The van der Waals surface area contributed by atoms with Crippen LogP contribution in [0.15, 0.2) is 22.7 Å². The maximum Gasteiger partial charge on any atom is 0.156 e. The number of para-hydroxylation sites is 1. The highest BCUT2D eigenvalue weighted by atomic mass is 79.9. The Bertz CT molecular complexity index is 304. The molecule has 2 rings (SSSR count). The van der Waals surface area contributed by atoms with Crippen LogP contribution in [-0.4, -0.2) is 19.3 Å². The average molecular weight is 258 g/mol. The fourth-order valence-electron chi connectivity index (χ4n) is 1.42. The van der Waals surface area contributed by atoms with Crippen molar-refractivity contribution in [3.05, 3.63) is 22.7 Å². The molecular weight excluding hydrogens is 246 g/mol. The second kappa shape index (κ2) is 4.19. The van der Waals surface area contributed by atoms with Crippen molar-refractivity contribution in [3.63, 3.8) is 0 Å². The van der Waals surface area contributed by atoms with E-state index in [1.807, 2.05) is 18.2 Å². The van der Waals surface area contributed by atoms with E-state index in [0.717, 1.165) is 23.2 Å². The lowest BCUT2D eigenvalue weighted by atomic mass is 10.3. The Balaban J connectivity index is 2.14. The summed E-state index contributed by atoms with van der Waals surface area (Å²) >= 11 is 3.41. The van der Waals surface area contributed by atoms with Crippen LogP contribution in [0.1, 0.15) is 6.42 Å². The molecule has 0 unspecified atom stereocenters. The molecular formula is C10H12BrNO2. The minimum atomic E-state index is 0.135. The van der Waals surface area contributed by atoms with Gasteiger partial charge in [0.15, 0.2) is 5.75 Å². The normalized spacial score (nSPS) is 21.1. The number of rotatable bonds is 2. The van der Waals surface area contributed by atoms with Crippen LogP contribution in [0.4, 0.5) is 5.69 Å². The van der Waals surface area contributed by atoms with Crippen LogP contribution in [0.3, 0.4) is 0 Å². The van der Waals surface area contributed by atoms with Crippen LogP contribution in [0.25, 0.3) is 0 Å². The summed E-state index contributed by atoms with van der Waals surface area (Å²) in [5.74, 6) is 0.725. The van der Waals surface area contributed by atoms with Crippen molar-refractivity contribution < 1.29 is 9.47 Å². The summed E-state index contributed by atoms with van der Waals surface area (Å²) in [5, 5.41) is 0. The number of ether oxygens (including phenoxy) is 2. The van der Waals surface area contributed by atoms with E-state index in [9.17, 15) is 0 Å². The molecule has 1 fully saturated rings. The predicted molar refractivity (Wildman–Crippen MR) is 58.4 cm³/mol. The van der Waals surface area contributed by atoms with E-state index in [1.165, 1.54) is 0 Å². The molecule has 1 aromatic rings. The van der Waals surface area contributed by atoms with Gasteiger partial charge in [0, 0.05) is 6.42 Å². The van der Waals surface area contributed by atoms with Gasteiger partial charge in [-0.25, -0.2) is 0 Å². The molecule has 0 saturated carbocycles. The molecule has 76 valence electrons. The number of nitrogens with two attached hydrogens (primary N) is 1. The largest absolute Gasteiger partial charge is 0.485 e. The molecule has 1 aliphatic rings. The van der Waals surface area contributed by atoms with Crippen molar-refractivity contribution in [1.29, 1.82) is 0 Å². The van der Waals surface area contributed by atoms with Gasteiger partial charge in [0.1, 0.15) is 6.10 Å². The van der Waals surface area contributed by atoms with Gasteiger partial charge in [0.05, 0.1) is 23.4 Å². The molecule has 0 aliphatic carbocycles. The van der Waals surface area contributed by atoms with Gasteiger partial charge >= 0.3 is 0 Å². The van der Waals surface area contributed by atoms with Gasteiger partial charge in [-0.3, -0.25) is 0 Å². The van der Waals surface area contributed by atoms with Crippen molar-refractivity contribution in [2.24, 2.45) is 0 Å². The van der Waals surface area contributed by atoms with Gasteiger partial charge in [-0.15, -0.1) is 0 Å². The molecule has 0 radical (unpaired) electrons. The molecule has 1 aromatic carbocycles. The molecule has 0 bridgehead atoms. The predicted octanol–water partition coefficient (Wildman–Crippen LogP) is 2.20. The Morgan fingerprint density at radius 2 is 2.36 bits per heavy atom. The maximum atomic E-state index is 5.80. The van der Waals surface area contributed by atoms with E-state index in [1.54, 1.807) is 0 Å². The SMILES string of the molecule is Nc1cccc(Br)c1O[C@@H]1CCOC1. The molecule has 1 aliphatic heterocycles. The first-order chi connectivity index (χ1) is 6.77. The zero-order valence-corrected chi connectivity index (χ0v) is 9.29. The fraction of sp³-hybridized carbons (Fsp3) is 0.400. The Morgan fingerprint density at radius 3 is 3.00 bits per heavy atom. The molecule has 1 atom stereocenters. The molecule has 0 aromatic heterocycles. The zero-order valence-electron chi connectivity index (χ0n) is 7.70. The molecule has 0 spiro atoms. The monoisotopic (exact) mass is 257 g/mol. The Morgan fingerprint density at radius 1 is 1.50 bits per heavy atom. The van der Waals surface area contributed by atoms with Crippen LogP contribution in [0.5, 0.6) is 5.75 Å². The number of anilines is 1. The molecule has 4 heteroatoms. The minimum absolute atomic E-state index is 0.135. The topological polar surface area (TPSA) is 44.5 Å². The van der Waals surface area contributed by atoms with Crippen LogP contribution in [0.2, 0.25) is 0 Å². The summed E-state index contributed by atoms with van der Waals surface area (Å²) in [6.45, 7) is 1.43. The van der Waals surface area contributed by atoms with Gasteiger partial charge in [0.25, 0.3) is 0 Å². The first-order valence-corrected chi connectivity index (χ1v) is 5.35. The van der Waals surface area contributed by atoms with Crippen LogP contribution in [-0.2, 0) is 4.74 Å². The highest BCUT2D eigenvalue weighted by molar-refractivity contribution is 9.10. The molecule has 14 heavy (non-hydrogen) atoms. The second-order valence-corrected chi connectivity index (χ2v) is 4.12. The molecule has 0 amide bonds. The van der Waals surface area contributed by atoms with Gasteiger partial charge < -0.3 is 15.2 Å². The molecule has 1 saturated heterocycles. The molecule has 3 nitrogen and oxygen atoms in total. The third kappa shape index (κ3) is 2.01. The third-order valence-electron chi connectivity index (χ3n) is 2.17. The van der Waals surface area contributed by atoms with Crippen molar-refractivity contribution in [2.75, 3.05) is 18.9 Å². The average Bonchev–Trinajstić information content (AvgIpc) is 2.64. The number of hydrogen-bond donors (Lipinski definition) is 1. The van der Waals surface area contributed by atoms with E-state index in [0.29, 0.717) is 12.3 Å². The second-order valence-electron chi connectivity index (χ2n) is 3.26. The lowest BCUT2D eigenvalue weighted by Crippen LogP contribution is -2.16. The number of nitrogen functional groups attached to an aromatic ring is 1. The maximum absolute atomic E-state index is 5.80. The zero-order chi connectivity index (χ0) is 9.97. The summed E-state index contributed by atoms with van der Waals surface area (Å²) in [5.41, 5.74) is 6.46. The first kappa shape index (κ1) is 9.80. The highest BCUT2D eigenvalue weighted by Crippen LogP contribution is 2.32. The van der Waals surface area contributed by atoms with E-state index < -0.39 is 0 Å². The third-order valence-corrected chi connectivity index (χ3v) is 2.79. The number of hydrogen-bond acceptors (Lipinski definition) is 3. The van der Waals surface area contributed by atoms with Gasteiger partial charge in [0.2, 0.25) is 0 Å². The van der Waals surface area contributed by atoms with Crippen LogP contribution < -0.4 is 10.5 Å². The minimum Gasteiger partial charge on any atom is -0.485 e. The van der Waals surface area contributed by atoms with Crippen LogP contribution >= 0.6 is 15.9 Å².